The lowest BCUT2D eigenvalue weighted by Gasteiger charge is -2.41. The molecular weight excluding hydrogens is 1030 g/mol. The lowest BCUT2D eigenvalue weighted by atomic mass is 9.84. The van der Waals surface area contributed by atoms with Crippen LogP contribution in [-0.2, 0) is 12.6 Å². The molecule has 80 heavy (non-hydrogen) atoms. The van der Waals surface area contributed by atoms with Crippen molar-refractivity contribution in [2.45, 2.75) is 217 Å². The maximum Gasteiger partial charge on any atom is 0.417 e. The van der Waals surface area contributed by atoms with Gasteiger partial charge in [0.25, 0.3) is 0 Å². The molecule has 464 valence electrons. The van der Waals surface area contributed by atoms with Crippen LogP contribution in [0, 0.1) is 23.7 Å². The molecule has 5 fully saturated rings. The molecule has 2 aliphatic heterocycles. The van der Waals surface area contributed by atoms with Crippen molar-refractivity contribution in [3.63, 3.8) is 0 Å². The van der Waals surface area contributed by atoms with E-state index in [2.05, 4.69) is 132 Å². The number of benzene rings is 1. The van der Waals surface area contributed by atoms with Gasteiger partial charge in [0.15, 0.2) is 0 Å². The minimum absolute atomic E-state index is 0.107. The molecule has 2 saturated heterocycles. The third-order valence-electron chi connectivity index (χ3n) is 20.4. The summed E-state index contributed by atoms with van der Waals surface area (Å²) in [5.41, 5.74) is 0.214. The Morgan fingerprint density at radius 2 is 1.32 bits per heavy atom. The minimum atomic E-state index is -4.46. The molecule has 0 unspecified atom stereocenters. The van der Waals surface area contributed by atoms with Crippen LogP contribution in [0.4, 0.5) is 13.2 Å². The zero-order chi connectivity index (χ0) is 57.8. The van der Waals surface area contributed by atoms with Crippen LogP contribution in [0.3, 0.4) is 0 Å². The van der Waals surface area contributed by atoms with E-state index in [1.165, 1.54) is 115 Å². The van der Waals surface area contributed by atoms with E-state index < -0.39 is 11.7 Å². The number of fused-ring (bicyclic) bond motifs is 1. The molecule has 15 heteroatoms. The molecule has 1 aromatic carbocycles. The fourth-order valence-corrected chi connectivity index (χ4v) is 15.3. The summed E-state index contributed by atoms with van der Waals surface area (Å²) in [6, 6.07) is 7.41. The van der Waals surface area contributed by atoms with E-state index in [1.807, 2.05) is 0 Å². The molecule has 0 radical (unpaired) electrons. The van der Waals surface area contributed by atoms with Gasteiger partial charge in [-0.1, -0.05) is 103 Å². The first-order valence-corrected chi connectivity index (χ1v) is 33.3. The maximum absolute atomic E-state index is 13.7. The summed E-state index contributed by atoms with van der Waals surface area (Å²) < 4.78 is 41.2. The summed E-state index contributed by atoms with van der Waals surface area (Å²) in [6.07, 6.45) is 20.3. The second-order valence-electron chi connectivity index (χ2n) is 28.0. The first-order valence-electron chi connectivity index (χ1n) is 32.9. The summed E-state index contributed by atoms with van der Waals surface area (Å²) in [5.74, 6) is 2.75. The Morgan fingerprint density at radius 3 is 2.01 bits per heavy atom. The molecule has 6 rings (SSSR count). The number of halogens is 4. The lowest BCUT2D eigenvalue weighted by molar-refractivity contribution is -0.137. The number of hydrogen-bond donors (Lipinski definition) is 4. The SMILES string of the molecule is CC(C)C[C@H]1CN[C@@H](C2CCCC2)CN(C)CCN(C)CCN(C)[C@@H](CC2CCCCC2)CN(C)CCN[C@@H](CCc2ccc(C(F)(F)F)c(Cl)c2)CN2CCC[C@H]2CNC2(CCCC2)CN(C)[C@@H](C(C)C)CN[C@H](C)CCN1C. The van der Waals surface area contributed by atoms with Gasteiger partial charge in [0.1, 0.15) is 0 Å². The highest BCUT2D eigenvalue weighted by molar-refractivity contribution is 6.31. The predicted molar refractivity (Wildman–Crippen MR) is 333 cm³/mol. The Morgan fingerprint density at radius 1 is 0.650 bits per heavy atom. The molecule has 0 bridgehead atoms. The van der Waals surface area contributed by atoms with Gasteiger partial charge in [0.05, 0.1) is 10.6 Å². The minimum Gasteiger partial charge on any atom is -0.313 e. The number of aryl methyl sites for hydroxylation is 1. The summed E-state index contributed by atoms with van der Waals surface area (Å²) in [6.45, 7) is 27.5. The van der Waals surface area contributed by atoms with E-state index in [4.69, 9.17) is 11.6 Å². The summed E-state index contributed by atoms with van der Waals surface area (Å²) in [5, 5.41) is 16.4. The van der Waals surface area contributed by atoms with Crippen LogP contribution in [0.5, 0.6) is 0 Å². The van der Waals surface area contributed by atoms with Crippen LogP contribution in [0.15, 0.2) is 18.2 Å². The van der Waals surface area contributed by atoms with Crippen molar-refractivity contribution in [1.82, 2.24) is 55.6 Å². The molecule has 11 nitrogen and oxygen atoms in total. The Bertz CT molecular complexity index is 1840. The first kappa shape index (κ1) is 68.0. The van der Waals surface area contributed by atoms with Crippen molar-refractivity contribution in [3.05, 3.63) is 34.3 Å². The smallest absolute Gasteiger partial charge is 0.313 e. The van der Waals surface area contributed by atoms with Crippen molar-refractivity contribution < 1.29 is 13.2 Å². The largest absolute Gasteiger partial charge is 0.417 e. The van der Waals surface area contributed by atoms with Gasteiger partial charge in [-0.25, -0.2) is 0 Å². The van der Waals surface area contributed by atoms with Gasteiger partial charge >= 0.3 is 6.18 Å². The van der Waals surface area contributed by atoms with Crippen LogP contribution < -0.4 is 21.3 Å². The van der Waals surface area contributed by atoms with Crippen LogP contribution in [-0.4, -0.2) is 223 Å². The van der Waals surface area contributed by atoms with Crippen molar-refractivity contribution >= 4 is 11.6 Å². The molecule has 2 heterocycles. The summed E-state index contributed by atoms with van der Waals surface area (Å²) in [7, 11) is 14.2. The maximum atomic E-state index is 13.7. The molecule has 4 N–H and O–H groups in total. The Hall–Kier alpha value is -1.14. The Labute approximate surface area is 493 Å². The summed E-state index contributed by atoms with van der Waals surface area (Å²) in [4.78, 5) is 18.5. The fourth-order valence-electron chi connectivity index (χ4n) is 15.0. The quantitative estimate of drug-likeness (QED) is 0.191. The van der Waals surface area contributed by atoms with E-state index >= 15 is 0 Å². The van der Waals surface area contributed by atoms with Crippen LogP contribution in [0.25, 0.3) is 0 Å². The molecular formula is C65H121ClF3N11. The van der Waals surface area contributed by atoms with Gasteiger partial charge in [-0.3, -0.25) is 4.90 Å². The van der Waals surface area contributed by atoms with Gasteiger partial charge < -0.3 is 50.7 Å². The molecule has 5 aliphatic rings. The Balaban J connectivity index is 1.19. The average molecular weight is 1150 g/mol. The van der Waals surface area contributed by atoms with E-state index in [-0.39, 0.29) is 16.6 Å². The highest BCUT2D eigenvalue weighted by Crippen LogP contribution is 2.36. The van der Waals surface area contributed by atoms with E-state index in [9.17, 15) is 13.2 Å². The van der Waals surface area contributed by atoms with Gasteiger partial charge in [0.2, 0.25) is 0 Å². The molecule has 0 amide bonds. The zero-order valence-corrected chi connectivity index (χ0v) is 53.7. The average Bonchev–Trinajstić information content (AvgIpc) is 4.22. The van der Waals surface area contributed by atoms with Crippen molar-refractivity contribution in [2.75, 3.05) is 140 Å². The molecule has 0 aromatic heterocycles. The number of likely N-dealkylation sites (N-methyl/N-ethyl adjacent to an activating group) is 6. The molecule has 1 aromatic rings. The lowest BCUT2D eigenvalue weighted by Crippen LogP contribution is -2.58. The van der Waals surface area contributed by atoms with Gasteiger partial charge in [0, 0.05) is 133 Å². The molecule has 3 saturated carbocycles. The van der Waals surface area contributed by atoms with Crippen molar-refractivity contribution in [1.29, 1.82) is 0 Å². The monoisotopic (exact) mass is 1150 g/mol. The summed E-state index contributed by atoms with van der Waals surface area (Å²) >= 11 is 6.28. The third-order valence-corrected chi connectivity index (χ3v) is 20.7. The third kappa shape index (κ3) is 22.9. The number of rotatable bonds is 9. The molecule has 7 atom stereocenters. The second kappa shape index (κ2) is 34.3. The van der Waals surface area contributed by atoms with E-state index in [0.29, 0.717) is 54.5 Å². The number of hydrogen-bond acceptors (Lipinski definition) is 11. The normalized spacial score (nSPS) is 30.6. The predicted octanol–water partition coefficient (Wildman–Crippen LogP) is 10.5. The molecule has 3 aliphatic carbocycles. The van der Waals surface area contributed by atoms with Gasteiger partial charge in [-0.05, 0) is 174 Å². The first-order chi connectivity index (χ1) is 38.2. The van der Waals surface area contributed by atoms with Crippen LogP contribution in [0.1, 0.15) is 168 Å². The van der Waals surface area contributed by atoms with Crippen molar-refractivity contribution in [3.8, 4) is 0 Å². The van der Waals surface area contributed by atoms with Gasteiger partial charge in [-0.15, -0.1) is 0 Å². The van der Waals surface area contributed by atoms with Crippen molar-refractivity contribution in [2.24, 2.45) is 23.7 Å². The highest BCUT2D eigenvalue weighted by Gasteiger charge is 2.39. The number of nitrogens with zero attached hydrogens (tertiary/aromatic N) is 7. The highest BCUT2D eigenvalue weighted by atomic mass is 35.5. The number of nitrogens with one attached hydrogen (secondary N) is 4. The number of alkyl halides is 3. The fraction of sp³-hybridized carbons (Fsp3) is 0.908. The Kier molecular flexibility index (Phi) is 29.1. The van der Waals surface area contributed by atoms with Gasteiger partial charge in [-0.2, -0.15) is 13.2 Å². The zero-order valence-electron chi connectivity index (χ0n) is 53.0. The molecule has 1 spiro atoms. The second-order valence-corrected chi connectivity index (χ2v) is 28.4. The topological polar surface area (TPSA) is 70.8 Å². The van der Waals surface area contributed by atoms with Crippen LogP contribution in [0.2, 0.25) is 5.02 Å². The standard InChI is InChI=1S/C65H121ClF3N11/c1-50(2)40-58-43-72-62(55-22-15-16-23-55)48-76(8)37-36-74(6)38-39-78(10)59(41-53-20-13-12-14-21-53)47-75(7)35-32-70-56(27-25-54-26-28-60(61(66)42-54)65(67,68)69)46-80-33-19-24-57(80)44-73-64(30-17-18-31-64)49-79(11)63(51(3)4)45-71-52(5)29-34-77(58)9/h26,28,42,50-53,55-59,62-63,70-73H,12-25,27,29-41,43-49H2,1-11H3/t52-,56+,57+,58+,59+,62-,63-/m1/s1. The van der Waals surface area contributed by atoms with Crippen LogP contribution >= 0.6 is 11.6 Å². The van der Waals surface area contributed by atoms with E-state index in [0.717, 1.165) is 128 Å². The van der Waals surface area contributed by atoms with E-state index in [1.54, 1.807) is 12.1 Å².